The van der Waals surface area contributed by atoms with Crippen molar-refractivity contribution >= 4 is 41.5 Å². The predicted octanol–water partition coefficient (Wildman–Crippen LogP) is 4.51. The predicted molar refractivity (Wildman–Crippen MR) is 105 cm³/mol. The fraction of sp³-hybridized carbons (Fsp3) is 0.632. The molecule has 1 aromatic carbocycles. The van der Waals surface area contributed by atoms with Crippen LogP contribution in [0.15, 0.2) is 18.2 Å². The summed E-state index contributed by atoms with van der Waals surface area (Å²) in [6, 6.07) is 6.30. The van der Waals surface area contributed by atoms with E-state index in [1.165, 1.54) is 12.8 Å². The van der Waals surface area contributed by atoms with E-state index in [0.29, 0.717) is 22.0 Å². The van der Waals surface area contributed by atoms with Gasteiger partial charge in [-0.15, -0.1) is 12.4 Å². The van der Waals surface area contributed by atoms with Crippen molar-refractivity contribution < 1.29 is 4.79 Å². The van der Waals surface area contributed by atoms with Crippen LogP contribution in [-0.4, -0.2) is 36.5 Å². The normalized spacial score (nSPS) is 26.2. The molecule has 2 unspecified atom stereocenters. The van der Waals surface area contributed by atoms with E-state index >= 15 is 0 Å². The average Bonchev–Trinajstić information content (AvgIpc) is 3.49. The Labute approximate surface area is 165 Å². The average molecular weight is 404 g/mol. The number of carbonyl (C=O) groups is 1. The summed E-state index contributed by atoms with van der Waals surface area (Å²) < 4.78 is 0. The maximum Gasteiger partial charge on any atom is 0.226 e. The lowest BCUT2D eigenvalue weighted by Crippen LogP contribution is -2.46. The third-order valence-corrected chi connectivity index (χ3v) is 6.52. The number of halogens is 3. The molecule has 1 heterocycles. The van der Waals surface area contributed by atoms with Crippen LogP contribution in [0, 0.1) is 11.8 Å². The zero-order valence-corrected chi connectivity index (χ0v) is 16.5. The molecule has 2 saturated carbocycles. The van der Waals surface area contributed by atoms with Crippen LogP contribution >= 0.6 is 35.6 Å². The van der Waals surface area contributed by atoms with E-state index < -0.39 is 0 Å². The number of carbonyl (C=O) groups excluding carboxylic acids is 1. The van der Waals surface area contributed by atoms with Crippen LogP contribution in [0.5, 0.6) is 0 Å². The van der Waals surface area contributed by atoms with Crippen molar-refractivity contribution in [2.24, 2.45) is 11.8 Å². The molecule has 0 radical (unpaired) electrons. The molecule has 1 aromatic rings. The molecule has 1 amide bonds. The molecule has 0 bridgehead atoms. The number of nitrogens with zero attached hydrogens (tertiary/aromatic N) is 1. The molecule has 0 spiro atoms. The number of amides is 1. The van der Waals surface area contributed by atoms with E-state index in [1.807, 2.05) is 12.1 Å². The van der Waals surface area contributed by atoms with E-state index in [0.717, 1.165) is 50.4 Å². The second kappa shape index (κ2) is 8.04. The van der Waals surface area contributed by atoms with Crippen molar-refractivity contribution in [2.45, 2.75) is 44.1 Å². The van der Waals surface area contributed by atoms with Crippen LogP contribution in [0.25, 0.3) is 0 Å². The van der Waals surface area contributed by atoms with E-state index in [1.54, 1.807) is 6.07 Å². The fourth-order valence-electron chi connectivity index (χ4n) is 3.81. The summed E-state index contributed by atoms with van der Waals surface area (Å²) in [4.78, 5) is 14.8. The van der Waals surface area contributed by atoms with Crippen LogP contribution < -0.4 is 5.32 Å². The van der Waals surface area contributed by atoms with E-state index in [2.05, 4.69) is 10.2 Å². The van der Waals surface area contributed by atoms with Gasteiger partial charge in [0.1, 0.15) is 0 Å². The first-order valence-corrected chi connectivity index (χ1v) is 9.85. The second-order valence-corrected chi connectivity index (χ2v) is 8.33. The Balaban J connectivity index is 0.00000182. The highest BCUT2D eigenvalue weighted by molar-refractivity contribution is 6.42. The van der Waals surface area contributed by atoms with Gasteiger partial charge in [-0.25, -0.2) is 0 Å². The third kappa shape index (κ3) is 4.44. The quantitative estimate of drug-likeness (QED) is 0.784. The molecule has 1 saturated heterocycles. The van der Waals surface area contributed by atoms with E-state index in [4.69, 9.17) is 23.2 Å². The second-order valence-electron chi connectivity index (χ2n) is 7.54. The zero-order valence-electron chi connectivity index (χ0n) is 14.2. The molecule has 0 aromatic heterocycles. The Morgan fingerprint density at radius 3 is 2.56 bits per heavy atom. The van der Waals surface area contributed by atoms with Gasteiger partial charge in [0.15, 0.2) is 0 Å². The number of nitrogens with one attached hydrogen (secondary N) is 1. The first-order valence-electron chi connectivity index (χ1n) is 9.09. The lowest BCUT2D eigenvalue weighted by atomic mass is 10.0. The lowest BCUT2D eigenvalue weighted by Gasteiger charge is -2.33. The highest BCUT2D eigenvalue weighted by Crippen LogP contribution is 2.51. The van der Waals surface area contributed by atoms with Crippen molar-refractivity contribution in [1.29, 1.82) is 0 Å². The maximum absolute atomic E-state index is 12.8. The Morgan fingerprint density at radius 1 is 1.16 bits per heavy atom. The van der Waals surface area contributed by atoms with Crippen LogP contribution in [0.1, 0.15) is 43.6 Å². The summed E-state index contributed by atoms with van der Waals surface area (Å²) >= 11 is 12.4. The van der Waals surface area contributed by atoms with Gasteiger partial charge >= 0.3 is 0 Å². The number of hydrogen-bond acceptors (Lipinski definition) is 2. The Kier molecular flexibility index (Phi) is 6.20. The Hall–Kier alpha value is -0.480. The van der Waals surface area contributed by atoms with Gasteiger partial charge in [0.25, 0.3) is 0 Å². The number of benzene rings is 1. The summed E-state index contributed by atoms with van der Waals surface area (Å²) in [5.41, 5.74) is 1.03. The minimum Gasteiger partial charge on any atom is -0.342 e. The molecule has 2 aliphatic carbocycles. The number of hydrogen-bond donors (Lipinski definition) is 1. The summed E-state index contributed by atoms with van der Waals surface area (Å²) in [5, 5.41) is 4.86. The van der Waals surface area contributed by atoms with Gasteiger partial charge < -0.3 is 10.2 Å². The van der Waals surface area contributed by atoms with Crippen molar-refractivity contribution in [3.05, 3.63) is 33.8 Å². The highest BCUT2D eigenvalue weighted by Gasteiger charge is 2.47. The van der Waals surface area contributed by atoms with Crippen molar-refractivity contribution in [3.63, 3.8) is 0 Å². The van der Waals surface area contributed by atoms with E-state index in [-0.39, 0.29) is 24.2 Å². The van der Waals surface area contributed by atoms with Crippen LogP contribution in [-0.2, 0) is 4.79 Å². The molecule has 3 aliphatic rings. The fourth-order valence-corrected chi connectivity index (χ4v) is 4.26. The standard InChI is InChI=1S/C19H24Cl2N2O.ClH/c20-17-3-1-2-14(18(17)21)15-10-16(15)19(24)23-8-6-13(7-9-23)22-11-12-4-5-12;/h1-3,12-13,15-16,22H,4-11H2;1H. The van der Waals surface area contributed by atoms with Crippen molar-refractivity contribution in [1.82, 2.24) is 10.2 Å². The van der Waals surface area contributed by atoms with Crippen LogP contribution in [0.2, 0.25) is 10.0 Å². The van der Waals surface area contributed by atoms with Crippen LogP contribution in [0.3, 0.4) is 0 Å². The molecule has 138 valence electrons. The minimum atomic E-state index is 0. The van der Waals surface area contributed by atoms with Gasteiger partial charge in [-0.05, 0) is 62.1 Å². The van der Waals surface area contributed by atoms with Gasteiger partial charge in [0, 0.05) is 25.0 Å². The molecule has 3 fully saturated rings. The summed E-state index contributed by atoms with van der Waals surface area (Å²) in [5.74, 6) is 1.56. The molecule has 1 N–H and O–H groups in total. The zero-order chi connectivity index (χ0) is 16.7. The molecule has 6 heteroatoms. The lowest BCUT2D eigenvalue weighted by molar-refractivity contribution is -0.133. The van der Waals surface area contributed by atoms with Gasteiger partial charge in [-0.3, -0.25) is 4.79 Å². The molecule has 1 aliphatic heterocycles. The Morgan fingerprint density at radius 2 is 1.88 bits per heavy atom. The maximum atomic E-state index is 12.8. The van der Waals surface area contributed by atoms with Gasteiger partial charge in [-0.2, -0.15) is 0 Å². The number of rotatable bonds is 5. The first-order chi connectivity index (χ1) is 11.6. The largest absolute Gasteiger partial charge is 0.342 e. The molecule has 25 heavy (non-hydrogen) atoms. The first kappa shape index (κ1) is 19.3. The summed E-state index contributed by atoms with van der Waals surface area (Å²) in [7, 11) is 0. The molecule has 4 rings (SSSR count). The van der Waals surface area contributed by atoms with Gasteiger partial charge in [-0.1, -0.05) is 35.3 Å². The van der Waals surface area contributed by atoms with Crippen molar-refractivity contribution in [3.8, 4) is 0 Å². The summed E-state index contributed by atoms with van der Waals surface area (Å²) in [6.07, 6.45) is 5.83. The SMILES string of the molecule is Cl.O=C(C1CC1c1cccc(Cl)c1Cl)N1CCC(NCC2CC2)CC1. The van der Waals surface area contributed by atoms with Crippen molar-refractivity contribution in [2.75, 3.05) is 19.6 Å². The molecule has 2 atom stereocenters. The topological polar surface area (TPSA) is 32.3 Å². The van der Waals surface area contributed by atoms with E-state index in [9.17, 15) is 4.79 Å². The monoisotopic (exact) mass is 402 g/mol. The molecule has 3 nitrogen and oxygen atoms in total. The molecular weight excluding hydrogens is 379 g/mol. The van der Waals surface area contributed by atoms with Crippen LogP contribution in [0.4, 0.5) is 0 Å². The number of likely N-dealkylation sites (tertiary alicyclic amines) is 1. The minimum absolute atomic E-state index is 0. The molecular formula is C19H25Cl3N2O. The smallest absolute Gasteiger partial charge is 0.226 e. The third-order valence-electron chi connectivity index (χ3n) is 5.69. The number of piperidine rings is 1. The Bertz CT molecular complexity index is 627. The van der Waals surface area contributed by atoms with Gasteiger partial charge in [0.05, 0.1) is 10.0 Å². The van der Waals surface area contributed by atoms with Gasteiger partial charge in [0.2, 0.25) is 5.91 Å². The highest BCUT2D eigenvalue weighted by atomic mass is 35.5. The summed E-state index contributed by atoms with van der Waals surface area (Å²) in [6.45, 7) is 2.93.